The van der Waals surface area contributed by atoms with E-state index in [1.54, 1.807) is 0 Å². The van der Waals surface area contributed by atoms with Gasteiger partial charge in [-0.15, -0.1) is 0 Å². The van der Waals surface area contributed by atoms with Crippen molar-refractivity contribution in [3.63, 3.8) is 0 Å². The zero-order valence-electron chi connectivity index (χ0n) is 7.83. The Morgan fingerprint density at radius 1 is 1.53 bits per heavy atom. The van der Waals surface area contributed by atoms with Crippen LogP contribution in [-0.2, 0) is 11.3 Å². The Morgan fingerprint density at radius 2 is 2.27 bits per heavy atom. The van der Waals surface area contributed by atoms with Crippen LogP contribution in [0.4, 0.5) is 4.39 Å². The number of hydrogen-bond acceptors (Lipinski definition) is 3. The van der Waals surface area contributed by atoms with Crippen LogP contribution in [0.1, 0.15) is 11.1 Å². The number of carboxylic acids is 1. The summed E-state index contributed by atoms with van der Waals surface area (Å²) >= 11 is 0. The van der Waals surface area contributed by atoms with Gasteiger partial charge < -0.3 is 10.4 Å². The quantitative estimate of drug-likeness (QED) is 0.770. The first-order valence-corrected chi connectivity index (χ1v) is 4.24. The molecule has 5 heteroatoms. The van der Waals surface area contributed by atoms with Gasteiger partial charge in [0.2, 0.25) is 0 Å². The lowest BCUT2D eigenvalue weighted by molar-refractivity contribution is -0.135. The van der Waals surface area contributed by atoms with E-state index in [2.05, 4.69) is 5.32 Å². The van der Waals surface area contributed by atoms with E-state index in [4.69, 9.17) is 10.4 Å². The van der Waals surface area contributed by atoms with Crippen molar-refractivity contribution < 1.29 is 14.3 Å². The number of nitrogens with one attached hydrogen (secondary N) is 1. The number of nitriles is 1. The van der Waals surface area contributed by atoms with E-state index in [1.807, 2.05) is 6.07 Å². The molecular formula is C10H9FN2O2. The van der Waals surface area contributed by atoms with Crippen molar-refractivity contribution in [1.29, 1.82) is 5.26 Å². The van der Waals surface area contributed by atoms with Crippen LogP contribution in [-0.4, -0.2) is 17.6 Å². The summed E-state index contributed by atoms with van der Waals surface area (Å²) in [5.74, 6) is -1.48. The van der Waals surface area contributed by atoms with Gasteiger partial charge in [-0.05, 0) is 23.8 Å². The molecule has 78 valence electrons. The topological polar surface area (TPSA) is 73.1 Å². The molecule has 2 N–H and O–H groups in total. The second kappa shape index (κ2) is 5.08. The second-order valence-corrected chi connectivity index (χ2v) is 2.96. The largest absolute Gasteiger partial charge is 0.480 e. The van der Waals surface area contributed by atoms with Crippen LogP contribution in [0.25, 0.3) is 0 Å². The number of carboxylic acid groups (broad SMARTS) is 1. The normalized spacial score (nSPS) is 9.60. The van der Waals surface area contributed by atoms with E-state index in [1.165, 1.54) is 12.1 Å². The SMILES string of the molecule is N#Cc1cc(F)cc(CNCC(=O)O)c1. The molecule has 0 bridgehead atoms. The van der Waals surface area contributed by atoms with Gasteiger partial charge in [-0.1, -0.05) is 0 Å². The van der Waals surface area contributed by atoms with Gasteiger partial charge in [0.25, 0.3) is 0 Å². The second-order valence-electron chi connectivity index (χ2n) is 2.96. The van der Waals surface area contributed by atoms with Crippen LogP contribution in [0.15, 0.2) is 18.2 Å². The summed E-state index contributed by atoms with van der Waals surface area (Å²) in [4.78, 5) is 10.2. The number of hydrogen-bond donors (Lipinski definition) is 2. The van der Waals surface area contributed by atoms with E-state index >= 15 is 0 Å². The Balaban J connectivity index is 2.65. The molecule has 0 aliphatic heterocycles. The van der Waals surface area contributed by atoms with Gasteiger partial charge in [-0.2, -0.15) is 5.26 Å². The molecule has 0 atom stereocenters. The predicted molar refractivity (Wildman–Crippen MR) is 50.5 cm³/mol. The molecule has 0 aromatic heterocycles. The fraction of sp³-hybridized carbons (Fsp3) is 0.200. The average Bonchev–Trinajstić information content (AvgIpc) is 2.16. The lowest BCUT2D eigenvalue weighted by atomic mass is 10.1. The van der Waals surface area contributed by atoms with Gasteiger partial charge in [-0.3, -0.25) is 4.79 Å². The highest BCUT2D eigenvalue weighted by molar-refractivity contribution is 5.68. The molecule has 1 rings (SSSR count). The maximum Gasteiger partial charge on any atom is 0.317 e. The lowest BCUT2D eigenvalue weighted by Gasteiger charge is -2.02. The minimum Gasteiger partial charge on any atom is -0.480 e. The van der Waals surface area contributed by atoms with Crippen LogP contribution in [0.3, 0.4) is 0 Å². The van der Waals surface area contributed by atoms with Crippen LogP contribution in [0.2, 0.25) is 0 Å². The molecule has 0 aliphatic carbocycles. The summed E-state index contributed by atoms with van der Waals surface area (Å²) in [5, 5.41) is 19.5. The Labute approximate surface area is 86.0 Å². The number of rotatable bonds is 4. The number of benzene rings is 1. The number of carbonyl (C=O) groups is 1. The number of halogens is 1. The van der Waals surface area contributed by atoms with Crippen molar-refractivity contribution in [2.75, 3.05) is 6.54 Å². The van der Waals surface area contributed by atoms with E-state index < -0.39 is 11.8 Å². The summed E-state index contributed by atoms with van der Waals surface area (Å²) in [6, 6.07) is 5.72. The molecule has 0 saturated heterocycles. The van der Waals surface area contributed by atoms with E-state index in [9.17, 15) is 9.18 Å². The Hall–Kier alpha value is -1.93. The van der Waals surface area contributed by atoms with Crippen molar-refractivity contribution in [3.8, 4) is 6.07 Å². The van der Waals surface area contributed by atoms with Gasteiger partial charge in [0.1, 0.15) is 5.82 Å². The van der Waals surface area contributed by atoms with E-state index in [0.29, 0.717) is 5.56 Å². The van der Waals surface area contributed by atoms with Crippen LogP contribution < -0.4 is 5.32 Å². The van der Waals surface area contributed by atoms with Crippen molar-refractivity contribution in [3.05, 3.63) is 35.1 Å². The monoisotopic (exact) mass is 208 g/mol. The first-order chi connectivity index (χ1) is 7.11. The van der Waals surface area contributed by atoms with Crippen molar-refractivity contribution in [2.24, 2.45) is 0 Å². The lowest BCUT2D eigenvalue weighted by Crippen LogP contribution is -2.21. The third-order valence-corrected chi connectivity index (χ3v) is 1.69. The summed E-state index contributed by atoms with van der Waals surface area (Å²) in [6.45, 7) is 0.0249. The molecular weight excluding hydrogens is 199 g/mol. The average molecular weight is 208 g/mol. The summed E-state index contributed by atoms with van der Waals surface area (Å²) < 4.78 is 12.9. The number of nitrogens with zero attached hydrogens (tertiary/aromatic N) is 1. The minimum atomic E-state index is -0.980. The maximum atomic E-state index is 12.9. The highest BCUT2D eigenvalue weighted by atomic mass is 19.1. The molecule has 0 fully saturated rings. The Morgan fingerprint density at radius 3 is 2.87 bits per heavy atom. The summed E-state index contributed by atoms with van der Waals surface area (Å²) in [6.07, 6.45) is 0. The van der Waals surface area contributed by atoms with Crippen LogP contribution >= 0.6 is 0 Å². The van der Waals surface area contributed by atoms with Crippen molar-refractivity contribution in [1.82, 2.24) is 5.32 Å². The summed E-state index contributed by atoms with van der Waals surface area (Å²) in [5.41, 5.74) is 0.773. The Kier molecular flexibility index (Phi) is 3.77. The molecule has 15 heavy (non-hydrogen) atoms. The molecule has 1 aromatic rings. The molecule has 0 amide bonds. The zero-order valence-corrected chi connectivity index (χ0v) is 7.83. The fourth-order valence-electron chi connectivity index (χ4n) is 1.13. The first kappa shape index (κ1) is 11.1. The van der Waals surface area contributed by atoms with E-state index in [0.717, 1.165) is 6.07 Å². The molecule has 0 spiro atoms. The maximum absolute atomic E-state index is 12.9. The van der Waals surface area contributed by atoms with E-state index in [-0.39, 0.29) is 18.7 Å². The zero-order chi connectivity index (χ0) is 11.3. The van der Waals surface area contributed by atoms with Crippen molar-refractivity contribution >= 4 is 5.97 Å². The molecule has 4 nitrogen and oxygen atoms in total. The third kappa shape index (κ3) is 3.75. The fourth-order valence-corrected chi connectivity index (χ4v) is 1.13. The van der Waals surface area contributed by atoms with Gasteiger partial charge in [0.05, 0.1) is 18.2 Å². The first-order valence-electron chi connectivity index (χ1n) is 4.24. The molecule has 0 saturated carbocycles. The molecule has 1 aromatic carbocycles. The molecule has 0 radical (unpaired) electrons. The highest BCUT2D eigenvalue weighted by Crippen LogP contribution is 2.07. The van der Waals surface area contributed by atoms with Gasteiger partial charge in [0, 0.05) is 6.54 Å². The predicted octanol–water partition coefficient (Wildman–Crippen LogP) is 0.872. The van der Waals surface area contributed by atoms with Crippen LogP contribution in [0, 0.1) is 17.1 Å². The minimum absolute atomic E-state index is 0.196. The standard InChI is InChI=1S/C10H9FN2O2/c11-9-2-7(4-12)1-8(3-9)5-13-6-10(14)15/h1-3,13H,5-6H2,(H,14,15). The molecule has 0 aliphatic rings. The van der Waals surface area contributed by atoms with Gasteiger partial charge in [0.15, 0.2) is 0 Å². The Bertz CT molecular complexity index is 412. The van der Waals surface area contributed by atoms with Crippen molar-refractivity contribution in [2.45, 2.75) is 6.54 Å². The van der Waals surface area contributed by atoms with Gasteiger partial charge in [-0.25, -0.2) is 4.39 Å². The smallest absolute Gasteiger partial charge is 0.317 e. The summed E-state index contributed by atoms with van der Waals surface area (Å²) in [7, 11) is 0. The van der Waals surface area contributed by atoms with Crippen LogP contribution in [0.5, 0.6) is 0 Å². The number of aliphatic carboxylic acids is 1. The van der Waals surface area contributed by atoms with Gasteiger partial charge >= 0.3 is 5.97 Å². The molecule has 0 unspecified atom stereocenters. The highest BCUT2D eigenvalue weighted by Gasteiger charge is 2.01. The molecule has 0 heterocycles. The third-order valence-electron chi connectivity index (χ3n) is 1.69.